The number of hydrogen-bond donors (Lipinski definition) is 1. The van der Waals surface area contributed by atoms with E-state index in [1.165, 1.54) is 18.4 Å². The number of guanidine groups is 1. The Labute approximate surface area is 151 Å². The fourth-order valence-electron chi connectivity index (χ4n) is 3.69. The van der Waals surface area contributed by atoms with Crippen molar-refractivity contribution in [3.8, 4) is 5.75 Å². The minimum Gasteiger partial charge on any atom is -0.489 e. The molecule has 2 unspecified atom stereocenters. The maximum absolute atomic E-state index is 6.01. The summed E-state index contributed by atoms with van der Waals surface area (Å²) < 4.78 is 11.6. The summed E-state index contributed by atoms with van der Waals surface area (Å²) in [6.07, 6.45) is 2.42. The first-order valence-corrected chi connectivity index (χ1v) is 9.44. The predicted octanol–water partition coefficient (Wildman–Crippen LogP) is 2.84. The molecule has 2 aliphatic rings. The molecule has 2 saturated heterocycles. The maximum Gasteiger partial charge on any atom is 0.194 e. The summed E-state index contributed by atoms with van der Waals surface area (Å²) in [5.41, 5.74) is 1.56. The second-order valence-corrected chi connectivity index (χ2v) is 7.41. The summed E-state index contributed by atoms with van der Waals surface area (Å²) in [6.45, 7) is 11.7. The van der Waals surface area contributed by atoms with E-state index in [-0.39, 0.29) is 6.10 Å². The highest BCUT2D eigenvalue weighted by Crippen LogP contribution is 2.38. The Morgan fingerprint density at radius 2 is 2.32 bits per heavy atom. The Balaban J connectivity index is 1.58. The van der Waals surface area contributed by atoms with Crippen molar-refractivity contribution in [1.29, 1.82) is 0 Å². The van der Waals surface area contributed by atoms with Crippen LogP contribution in [0.3, 0.4) is 0 Å². The molecule has 0 bridgehead atoms. The third-order valence-corrected chi connectivity index (χ3v) is 5.08. The van der Waals surface area contributed by atoms with Crippen LogP contribution in [0.2, 0.25) is 0 Å². The smallest absolute Gasteiger partial charge is 0.194 e. The van der Waals surface area contributed by atoms with Crippen LogP contribution < -0.4 is 10.1 Å². The number of aliphatic imine (C=N–C) groups is 1. The van der Waals surface area contributed by atoms with Crippen molar-refractivity contribution in [1.82, 2.24) is 10.2 Å². The topological polar surface area (TPSA) is 46.1 Å². The fourth-order valence-corrected chi connectivity index (χ4v) is 3.69. The van der Waals surface area contributed by atoms with Gasteiger partial charge in [-0.1, -0.05) is 12.1 Å². The van der Waals surface area contributed by atoms with Gasteiger partial charge in [-0.2, -0.15) is 0 Å². The standard InChI is InChI=1S/C20H31N3O2/c1-4-21-19(23-10-8-20(14-23)9-11-24-15-20)22-13-17(3)25-18-7-5-6-16(2)12-18/h5-7,12,17H,4,8-11,13-15H2,1-3H3,(H,21,22). The Kier molecular flexibility index (Phi) is 5.84. The molecule has 2 aliphatic heterocycles. The Bertz CT molecular complexity index is 596. The van der Waals surface area contributed by atoms with Crippen molar-refractivity contribution >= 4 is 5.96 Å². The highest BCUT2D eigenvalue weighted by molar-refractivity contribution is 5.80. The highest BCUT2D eigenvalue weighted by Gasteiger charge is 2.42. The van der Waals surface area contributed by atoms with Gasteiger partial charge in [0.1, 0.15) is 11.9 Å². The summed E-state index contributed by atoms with van der Waals surface area (Å²) in [7, 11) is 0. The Hall–Kier alpha value is -1.75. The molecule has 25 heavy (non-hydrogen) atoms. The number of rotatable bonds is 5. The number of nitrogens with zero attached hydrogens (tertiary/aromatic N) is 2. The quantitative estimate of drug-likeness (QED) is 0.658. The molecule has 1 spiro atoms. The molecule has 2 atom stereocenters. The van der Waals surface area contributed by atoms with Gasteiger partial charge in [0.2, 0.25) is 0 Å². The van der Waals surface area contributed by atoms with E-state index in [0.717, 1.165) is 44.6 Å². The average Bonchev–Trinajstić information content (AvgIpc) is 3.22. The second kappa shape index (κ2) is 8.09. The minimum atomic E-state index is 0.0434. The van der Waals surface area contributed by atoms with Gasteiger partial charge < -0.3 is 19.7 Å². The van der Waals surface area contributed by atoms with Gasteiger partial charge in [0.25, 0.3) is 0 Å². The van der Waals surface area contributed by atoms with E-state index in [1.54, 1.807) is 0 Å². The molecule has 1 aromatic rings. The van der Waals surface area contributed by atoms with Gasteiger partial charge >= 0.3 is 0 Å². The van der Waals surface area contributed by atoms with Gasteiger partial charge in [-0.15, -0.1) is 0 Å². The van der Waals surface area contributed by atoms with E-state index in [0.29, 0.717) is 12.0 Å². The molecular weight excluding hydrogens is 314 g/mol. The van der Waals surface area contributed by atoms with E-state index < -0.39 is 0 Å². The molecule has 5 heteroatoms. The van der Waals surface area contributed by atoms with Crippen LogP contribution in [-0.4, -0.2) is 56.4 Å². The third kappa shape index (κ3) is 4.66. The van der Waals surface area contributed by atoms with Gasteiger partial charge in [-0.3, -0.25) is 0 Å². The molecular formula is C20H31N3O2. The lowest BCUT2D eigenvalue weighted by molar-refractivity contribution is 0.156. The van der Waals surface area contributed by atoms with Crippen LogP contribution in [0.1, 0.15) is 32.3 Å². The van der Waals surface area contributed by atoms with E-state index in [1.807, 2.05) is 12.1 Å². The lowest BCUT2D eigenvalue weighted by Crippen LogP contribution is -2.42. The third-order valence-electron chi connectivity index (χ3n) is 5.08. The normalized spacial score (nSPS) is 24.8. The largest absolute Gasteiger partial charge is 0.489 e. The summed E-state index contributed by atoms with van der Waals surface area (Å²) in [5.74, 6) is 1.92. The highest BCUT2D eigenvalue weighted by atomic mass is 16.5. The Morgan fingerprint density at radius 1 is 1.44 bits per heavy atom. The monoisotopic (exact) mass is 345 g/mol. The molecule has 1 N–H and O–H groups in total. The number of ether oxygens (including phenoxy) is 2. The van der Waals surface area contributed by atoms with Gasteiger partial charge in [-0.05, 0) is 51.3 Å². The van der Waals surface area contributed by atoms with Crippen LogP contribution in [0.15, 0.2) is 29.3 Å². The average molecular weight is 345 g/mol. The number of nitrogens with one attached hydrogen (secondary N) is 1. The van der Waals surface area contributed by atoms with Crippen molar-refractivity contribution in [2.45, 2.75) is 39.7 Å². The van der Waals surface area contributed by atoms with E-state index in [9.17, 15) is 0 Å². The molecule has 0 aliphatic carbocycles. The van der Waals surface area contributed by atoms with Crippen molar-refractivity contribution in [2.24, 2.45) is 10.4 Å². The van der Waals surface area contributed by atoms with Crippen LogP contribution in [-0.2, 0) is 4.74 Å². The lowest BCUT2D eigenvalue weighted by Gasteiger charge is -2.25. The van der Waals surface area contributed by atoms with Crippen LogP contribution in [0, 0.1) is 12.3 Å². The van der Waals surface area contributed by atoms with Crippen LogP contribution in [0.4, 0.5) is 0 Å². The van der Waals surface area contributed by atoms with E-state index in [4.69, 9.17) is 14.5 Å². The maximum atomic E-state index is 6.01. The summed E-state index contributed by atoms with van der Waals surface area (Å²) in [6, 6.07) is 8.17. The van der Waals surface area contributed by atoms with Gasteiger partial charge in [0, 0.05) is 31.7 Å². The first-order chi connectivity index (χ1) is 12.1. The molecule has 2 heterocycles. The number of hydrogen-bond acceptors (Lipinski definition) is 3. The SMILES string of the molecule is CCNC(=NCC(C)Oc1cccc(C)c1)N1CCC2(CCOC2)C1. The molecule has 0 saturated carbocycles. The zero-order valence-electron chi connectivity index (χ0n) is 15.8. The summed E-state index contributed by atoms with van der Waals surface area (Å²) in [4.78, 5) is 7.22. The van der Waals surface area contributed by atoms with Crippen LogP contribution in [0.5, 0.6) is 5.75 Å². The first kappa shape index (κ1) is 18.1. The molecule has 1 aromatic carbocycles. The minimum absolute atomic E-state index is 0.0434. The van der Waals surface area contributed by atoms with Crippen LogP contribution in [0.25, 0.3) is 0 Å². The summed E-state index contributed by atoms with van der Waals surface area (Å²) >= 11 is 0. The number of aryl methyl sites for hydroxylation is 1. The van der Waals surface area contributed by atoms with Crippen molar-refractivity contribution in [3.63, 3.8) is 0 Å². The van der Waals surface area contributed by atoms with Crippen LogP contribution >= 0.6 is 0 Å². The number of benzene rings is 1. The molecule has 0 amide bonds. The molecule has 0 radical (unpaired) electrons. The van der Waals surface area contributed by atoms with Gasteiger partial charge in [0.15, 0.2) is 5.96 Å². The second-order valence-electron chi connectivity index (χ2n) is 7.41. The lowest BCUT2D eigenvalue weighted by atomic mass is 9.87. The van der Waals surface area contributed by atoms with Crippen molar-refractivity contribution in [2.75, 3.05) is 39.4 Å². The van der Waals surface area contributed by atoms with Crippen molar-refractivity contribution < 1.29 is 9.47 Å². The van der Waals surface area contributed by atoms with Gasteiger partial charge in [-0.25, -0.2) is 4.99 Å². The van der Waals surface area contributed by atoms with E-state index >= 15 is 0 Å². The molecule has 0 aromatic heterocycles. The number of likely N-dealkylation sites (tertiary alicyclic amines) is 1. The summed E-state index contributed by atoms with van der Waals surface area (Å²) in [5, 5.41) is 3.44. The first-order valence-electron chi connectivity index (χ1n) is 9.44. The molecule has 2 fully saturated rings. The predicted molar refractivity (Wildman–Crippen MR) is 101 cm³/mol. The zero-order chi connectivity index (χ0) is 17.7. The van der Waals surface area contributed by atoms with E-state index in [2.05, 4.69) is 43.1 Å². The van der Waals surface area contributed by atoms with Gasteiger partial charge in [0.05, 0.1) is 13.2 Å². The fraction of sp³-hybridized carbons (Fsp3) is 0.650. The molecule has 5 nitrogen and oxygen atoms in total. The Morgan fingerprint density at radius 3 is 3.04 bits per heavy atom. The molecule has 138 valence electrons. The zero-order valence-corrected chi connectivity index (χ0v) is 15.8. The van der Waals surface area contributed by atoms with Crippen molar-refractivity contribution in [3.05, 3.63) is 29.8 Å². The molecule has 3 rings (SSSR count).